The summed E-state index contributed by atoms with van der Waals surface area (Å²) < 4.78 is 5.26. The minimum atomic E-state index is -0.265. The predicted molar refractivity (Wildman–Crippen MR) is 101 cm³/mol. The Morgan fingerprint density at radius 3 is 2.88 bits per heavy atom. The quantitative estimate of drug-likeness (QED) is 0.809. The zero-order chi connectivity index (χ0) is 17.8. The summed E-state index contributed by atoms with van der Waals surface area (Å²) in [7, 11) is 1.60. The van der Waals surface area contributed by atoms with Crippen LogP contribution in [0.1, 0.15) is 10.9 Å². The van der Waals surface area contributed by atoms with Crippen molar-refractivity contribution >= 4 is 46.6 Å². The van der Waals surface area contributed by atoms with E-state index in [-0.39, 0.29) is 23.1 Å². The number of alkyl halides is 1. The molecule has 3 rings (SSSR count). The van der Waals surface area contributed by atoms with E-state index in [0.29, 0.717) is 17.2 Å². The Kier molecular flexibility index (Phi) is 5.50. The minimum Gasteiger partial charge on any atom is -0.497 e. The number of carbonyl (C=O) groups is 2. The molecule has 1 heterocycles. The Labute approximate surface area is 155 Å². The summed E-state index contributed by atoms with van der Waals surface area (Å²) in [6.07, 6.45) is 0. The number of halogens is 1. The topological polar surface area (TPSA) is 58.6 Å². The molecule has 1 N–H and O–H groups in total. The molecule has 1 unspecified atom stereocenters. The van der Waals surface area contributed by atoms with Gasteiger partial charge in [0.25, 0.3) is 0 Å². The Hall–Kier alpha value is -2.18. The largest absolute Gasteiger partial charge is 0.497 e. The first-order valence-corrected chi connectivity index (χ1v) is 9.24. The SMILES string of the molecule is COc1cccc(N2C(=O)CSC2c2cccc(NC(=O)CCl)c2)c1. The average Bonchev–Trinajstić information content (AvgIpc) is 3.03. The summed E-state index contributed by atoms with van der Waals surface area (Å²) >= 11 is 7.09. The van der Waals surface area contributed by atoms with E-state index in [4.69, 9.17) is 16.3 Å². The lowest BCUT2D eigenvalue weighted by Gasteiger charge is -2.25. The molecule has 130 valence electrons. The number of ether oxygens (including phenoxy) is 1. The molecule has 2 aromatic carbocycles. The molecule has 1 fully saturated rings. The van der Waals surface area contributed by atoms with Gasteiger partial charge in [-0.15, -0.1) is 23.4 Å². The molecular weight excluding hydrogens is 360 g/mol. The molecule has 0 saturated carbocycles. The minimum absolute atomic E-state index is 0.0402. The van der Waals surface area contributed by atoms with Gasteiger partial charge in [0.1, 0.15) is 17.0 Å². The first-order valence-electron chi connectivity index (χ1n) is 7.66. The van der Waals surface area contributed by atoms with Gasteiger partial charge in [0.2, 0.25) is 11.8 Å². The summed E-state index contributed by atoms with van der Waals surface area (Å²) in [4.78, 5) is 25.7. The number of rotatable bonds is 5. The van der Waals surface area contributed by atoms with Crippen molar-refractivity contribution in [3.63, 3.8) is 0 Å². The van der Waals surface area contributed by atoms with Crippen LogP contribution in [0.2, 0.25) is 0 Å². The number of amides is 2. The Morgan fingerprint density at radius 2 is 2.12 bits per heavy atom. The van der Waals surface area contributed by atoms with E-state index in [1.807, 2.05) is 42.5 Å². The number of benzene rings is 2. The second-order valence-corrected chi connectivity index (χ2v) is 6.77. The van der Waals surface area contributed by atoms with Crippen LogP contribution in [0, 0.1) is 0 Å². The fraction of sp³-hybridized carbons (Fsp3) is 0.222. The normalized spacial score (nSPS) is 16.8. The van der Waals surface area contributed by atoms with Crippen LogP contribution in [-0.2, 0) is 9.59 Å². The van der Waals surface area contributed by atoms with Crippen LogP contribution in [0.15, 0.2) is 48.5 Å². The number of anilines is 2. The van der Waals surface area contributed by atoms with Gasteiger partial charge in [-0.3, -0.25) is 14.5 Å². The second kappa shape index (κ2) is 7.80. The number of thioether (sulfide) groups is 1. The highest BCUT2D eigenvalue weighted by molar-refractivity contribution is 8.00. The van der Waals surface area contributed by atoms with E-state index in [0.717, 1.165) is 11.3 Å². The standard InChI is InChI=1S/C18H17ClN2O3S/c1-24-15-7-3-6-14(9-15)21-17(23)11-25-18(21)12-4-2-5-13(8-12)20-16(22)10-19/h2-9,18H,10-11H2,1H3,(H,20,22). The number of nitrogens with zero attached hydrogens (tertiary/aromatic N) is 1. The van der Waals surface area contributed by atoms with E-state index in [9.17, 15) is 9.59 Å². The van der Waals surface area contributed by atoms with Crippen LogP contribution >= 0.6 is 23.4 Å². The molecule has 0 spiro atoms. The summed E-state index contributed by atoms with van der Waals surface area (Å²) in [6, 6.07) is 14.9. The highest BCUT2D eigenvalue weighted by Crippen LogP contribution is 2.42. The van der Waals surface area contributed by atoms with E-state index in [2.05, 4.69) is 5.32 Å². The highest BCUT2D eigenvalue weighted by atomic mass is 35.5. The molecule has 0 bridgehead atoms. The molecule has 2 aromatic rings. The summed E-state index contributed by atoms with van der Waals surface area (Å²) in [5.41, 5.74) is 2.38. The maximum Gasteiger partial charge on any atom is 0.239 e. The number of methoxy groups -OCH3 is 1. The van der Waals surface area contributed by atoms with Crippen LogP contribution < -0.4 is 15.0 Å². The third-order valence-electron chi connectivity index (χ3n) is 3.78. The first-order chi connectivity index (χ1) is 12.1. The maximum absolute atomic E-state index is 12.4. The van der Waals surface area contributed by atoms with Crippen molar-refractivity contribution in [2.45, 2.75) is 5.37 Å². The highest BCUT2D eigenvalue weighted by Gasteiger charge is 2.34. The van der Waals surface area contributed by atoms with Crippen LogP contribution in [0.25, 0.3) is 0 Å². The molecule has 2 amide bonds. The van der Waals surface area contributed by atoms with Crippen LogP contribution in [0.4, 0.5) is 11.4 Å². The van der Waals surface area contributed by atoms with Crippen molar-refractivity contribution in [2.24, 2.45) is 0 Å². The van der Waals surface area contributed by atoms with Gasteiger partial charge in [0, 0.05) is 17.4 Å². The second-order valence-electron chi connectivity index (χ2n) is 5.44. The van der Waals surface area contributed by atoms with Gasteiger partial charge in [0.05, 0.1) is 12.9 Å². The van der Waals surface area contributed by atoms with Gasteiger partial charge in [-0.05, 0) is 29.8 Å². The van der Waals surface area contributed by atoms with Gasteiger partial charge in [0.15, 0.2) is 0 Å². The van der Waals surface area contributed by atoms with Gasteiger partial charge >= 0.3 is 0 Å². The summed E-state index contributed by atoms with van der Waals surface area (Å²) in [5.74, 6) is 0.776. The van der Waals surface area contributed by atoms with Crippen molar-refractivity contribution in [3.05, 3.63) is 54.1 Å². The van der Waals surface area contributed by atoms with E-state index < -0.39 is 0 Å². The fourth-order valence-corrected chi connectivity index (χ4v) is 3.91. The molecular formula is C18H17ClN2O3S. The predicted octanol–water partition coefficient (Wildman–Crippen LogP) is 3.65. The van der Waals surface area contributed by atoms with Crippen molar-refractivity contribution in [3.8, 4) is 5.75 Å². The van der Waals surface area contributed by atoms with Gasteiger partial charge in [-0.1, -0.05) is 18.2 Å². The molecule has 0 aromatic heterocycles. The van der Waals surface area contributed by atoms with Gasteiger partial charge in [-0.25, -0.2) is 0 Å². The third kappa shape index (κ3) is 3.91. The smallest absolute Gasteiger partial charge is 0.239 e. The maximum atomic E-state index is 12.4. The van der Waals surface area contributed by atoms with E-state index in [1.165, 1.54) is 0 Å². The summed E-state index contributed by atoms with van der Waals surface area (Å²) in [6.45, 7) is 0. The molecule has 1 aliphatic rings. The zero-order valence-corrected chi connectivity index (χ0v) is 15.1. The van der Waals surface area contributed by atoms with E-state index in [1.54, 1.807) is 29.8 Å². The monoisotopic (exact) mass is 376 g/mol. The van der Waals surface area contributed by atoms with Crippen molar-refractivity contribution in [1.29, 1.82) is 0 Å². The molecule has 7 heteroatoms. The summed E-state index contributed by atoms with van der Waals surface area (Å²) in [5, 5.41) is 2.58. The first kappa shape index (κ1) is 17.6. The van der Waals surface area contributed by atoms with Gasteiger partial charge in [-0.2, -0.15) is 0 Å². The molecule has 5 nitrogen and oxygen atoms in total. The number of hydrogen-bond acceptors (Lipinski definition) is 4. The van der Waals surface area contributed by atoms with E-state index >= 15 is 0 Å². The Bertz CT molecular complexity index is 799. The van der Waals surface area contributed by atoms with Crippen molar-refractivity contribution in [1.82, 2.24) is 0 Å². The van der Waals surface area contributed by atoms with Crippen molar-refractivity contribution < 1.29 is 14.3 Å². The number of hydrogen-bond donors (Lipinski definition) is 1. The lowest BCUT2D eigenvalue weighted by molar-refractivity contribution is -0.116. The molecule has 0 aliphatic carbocycles. The fourth-order valence-electron chi connectivity index (χ4n) is 2.67. The van der Waals surface area contributed by atoms with Crippen LogP contribution in [-0.4, -0.2) is 30.6 Å². The Balaban J connectivity index is 1.91. The Morgan fingerprint density at radius 1 is 1.32 bits per heavy atom. The lowest BCUT2D eigenvalue weighted by Crippen LogP contribution is -2.27. The molecule has 25 heavy (non-hydrogen) atoms. The number of carbonyl (C=O) groups excluding carboxylic acids is 2. The lowest BCUT2D eigenvalue weighted by atomic mass is 10.1. The molecule has 1 atom stereocenters. The van der Waals surface area contributed by atoms with Crippen LogP contribution in [0.5, 0.6) is 5.75 Å². The van der Waals surface area contributed by atoms with Crippen molar-refractivity contribution in [2.75, 3.05) is 29.0 Å². The molecule has 0 radical (unpaired) electrons. The third-order valence-corrected chi connectivity index (χ3v) is 5.23. The van der Waals surface area contributed by atoms with Crippen LogP contribution in [0.3, 0.4) is 0 Å². The van der Waals surface area contributed by atoms with Gasteiger partial charge < -0.3 is 10.1 Å². The zero-order valence-electron chi connectivity index (χ0n) is 13.6. The molecule has 1 saturated heterocycles. The number of nitrogens with one attached hydrogen (secondary N) is 1. The average molecular weight is 377 g/mol. The molecule has 1 aliphatic heterocycles.